The highest BCUT2D eigenvalue weighted by Crippen LogP contribution is 2.23. The Morgan fingerprint density at radius 2 is 1.64 bits per heavy atom. The Morgan fingerprint density at radius 3 is 2.29 bits per heavy atom. The lowest BCUT2D eigenvalue weighted by molar-refractivity contribution is 0.000159. The first-order valence-electron chi connectivity index (χ1n) is 5.88. The largest absolute Gasteiger partial charge is 0.391 e. The van der Waals surface area contributed by atoms with E-state index in [1.165, 1.54) is 19.3 Å². The lowest BCUT2D eigenvalue weighted by Gasteiger charge is -2.41. The summed E-state index contributed by atoms with van der Waals surface area (Å²) in [5, 5.41) is 9.93. The Hall–Kier alpha value is -0.120. The topological polar surface area (TPSA) is 26.7 Å². The molecule has 2 aliphatic rings. The van der Waals surface area contributed by atoms with Gasteiger partial charge in [-0.15, -0.1) is 0 Å². The Balaban J connectivity index is 1.87. The molecule has 2 atom stereocenters. The van der Waals surface area contributed by atoms with Crippen molar-refractivity contribution in [3.8, 4) is 0 Å². The van der Waals surface area contributed by atoms with Crippen LogP contribution in [-0.2, 0) is 0 Å². The fourth-order valence-electron chi connectivity index (χ4n) is 2.67. The minimum absolute atomic E-state index is 0.0628. The molecule has 0 aromatic carbocycles. The number of nitrogens with zero attached hydrogens (tertiary/aromatic N) is 2. The first-order valence-corrected chi connectivity index (χ1v) is 5.88. The molecule has 0 amide bonds. The van der Waals surface area contributed by atoms with Crippen LogP contribution in [0.25, 0.3) is 0 Å². The summed E-state index contributed by atoms with van der Waals surface area (Å²) in [5.41, 5.74) is 0. The van der Waals surface area contributed by atoms with Crippen LogP contribution < -0.4 is 0 Å². The number of hydrogen-bond acceptors (Lipinski definition) is 3. The van der Waals surface area contributed by atoms with Gasteiger partial charge in [-0.05, 0) is 19.9 Å². The van der Waals surface area contributed by atoms with Gasteiger partial charge in [-0.3, -0.25) is 4.90 Å². The monoisotopic (exact) mass is 198 g/mol. The third-order valence-corrected chi connectivity index (χ3v) is 3.70. The summed E-state index contributed by atoms with van der Waals surface area (Å²) in [4.78, 5) is 4.86. The third-order valence-electron chi connectivity index (χ3n) is 3.70. The molecule has 0 bridgehead atoms. The van der Waals surface area contributed by atoms with Crippen molar-refractivity contribution in [2.75, 3.05) is 33.2 Å². The van der Waals surface area contributed by atoms with Crippen molar-refractivity contribution in [2.45, 2.75) is 37.8 Å². The summed E-state index contributed by atoms with van der Waals surface area (Å²) in [6.07, 6.45) is 4.66. The molecular weight excluding hydrogens is 176 g/mol. The Labute approximate surface area is 86.7 Å². The number of rotatable bonds is 1. The summed E-state index contributed by atoms with van der Waals surface area (Å²) in [5.74, 6) is 0. The van der Waals surface area contributed by atoms with Crippen molar-refractivity contribution in [1.82, 2.24) is 9.80 Å². The van der Waals surface area contributed by atoms with Crippen LogP contribution in [0.15, 0.2) is 0 Å². The minimum Gasteiger partial charge on any atom is -0.391 e. The molecule has 82 valence electrons. The van der Waals surface area contributed by atoms with Gasteiger partial charge in [-0.2, -0.15) is 0 Å². The lowest BCUT2D eigenvalue weighted by atomic mass is 9.91. The first-order chi connectivity index (χ1) is 6.77. The molecule has 0 radical (unpaired) electrons. The molecule has 1 saturated carbocycles. The van der Waals surface area contributed by atoms with Gasteiger partial charge in [-0.25, -0.2) is 0 Å². The summed E-state index contributed by atoms with van der Waals surface area (Å²) in [6, 6.07) is 0.456. The summed E-state index contributed by atoms with van der Waals surface area (Å²) in [6.45, 7) is 4.59. The van der Waals surface area contributed by atoms with Gasteiger partial charge < -0.3 is 10.0 Å². The summed E-state index contributed by atoms with van der Waals surface area (Å²) in [7, 11) is 2.18. The van der Waals surface area contributed by atoms with Crippen LogP contribution in [0.5, 0.6) is 0 Å². The van der Waals surface area contributed by atoms with Crippen molar-refractivity contribution in [3.63, 3.8) is 0 Å². The standard InChI is InChI=1S/C11H22N2O/c1-12-6-8-13(9-7-12)10-4-2-3-5-11(10)14/h10-11,14H,2-9H2,1H3/t10-,11+/m1/s1. The molecule has 3 heteroatoms. The molecule has 14 heavy (non-hydrogen) atoms. The number of aliphatic hydroxyl groups is 1. The minimum atomic E-state index is -0.0628. The van der Waals surface area contributed by atoms with E-state index in [1.807, 2.05) is 0 Å². The fourth-order valence-corrected chi connectivity index (χ4v) is 2.67. The van der Waals surface area contributed by atoms with Gasteiger partial charge in [0.05, 0.1) is 6.10 Å². The smallest absolute Gasteiger partial charge is 0.0695 e. The molecule has 1 aliphatic heterocycles. The second-order valence-electron chi connectivity index (χ2n) is 4.76. The Morgan fingerprint density at radius 1 is 1.00 bits per heavy atom. The molecule has 3 nitrogen and oxygen atoms in total. The molecular formula is C11H22N2O. The SMILES string of the molecule is CN1CCN([C@@H]2CCCC[C@@H]2O)CC1. The van der Waals surface area contributed by atoms with Crippen molar-refractivity contribution in [1.29, 1.82) is 0 Å². The maximum atomic E-state index is 9.93. The number of likely N-dealkylation sites (N-methyl/N-ethyl adjacent to an activating group) is 1. The van der Waals surface area contributed by atoms with E-state index in [2.05, 4.69) is 16.8 Å². The van der Waals surface area contributed by atoms with Crippen molar-refractivity contribution in [2.24, 2.45) is 0 Å². The second-order valence-corrected chi connectivity index (χ2v) is 4.76. The maximum absolute atomic E-state index is 9.93. The second kappa shape index (κ2) is 4.60. The van der Waals surface area contributed by atoms with Crippen LogP contribution in [-0.4, -0.2) is 60.3 Å². The molecule has 1 saturated heterocycles. The summed E-state index contributed by atoms with van der Waals surface area (Å²) < 4.78 is 0. The van der Waals surface area contributed by atoms with E-state index in [0.29, 0.717) is 6.04 Å². The zero-order valence-electron chi connectivity index (χ0n) is 9.15. The van der Waals surface area contributed by atoms with Crippen molar-refractivity contribution >= 4 is 0 Å². The molecule has 0 aromatic rings. The van der Waals surface area contributed by atoms with Gasteiger partial charge >= 0.3 is 0 Å². The molecule has 2 fully saturated rings. The van der Waals surface area contributed by atoms with Crippen LogP contribution in [0.1, 0.15) is 25.7 Å². The van der Waals surface area contributed by atoms with E-state index >= 15 is 0 Å². The van der Waals surface area contributed by atoms with Crippen molar-refractivity contribution < 1.29 is 5.11 Å². The Bertz CT molecular complexity index is 178. The highest BCUT2D eigenvalue weighted by molar-refractivity contribution is 4.85. The summed E-state index contributed by atoms with van der Waals surface area (Å²) >= 11 is 0. The molecule has 1 aliphatic carbocycles. The van der Waals surface area contributed by atoms with Crippen LogP contribution in [0.4, 0.5) is 0 Å². The molecule has 0 unspecified atom stereocenters. The number of aliphatic hydroxyl groups excluding tert-OH is 1. The fraction of sp³-hybridized carbons (Fsp3) is 1.00. The van der Waals surface area contributed by atoms with Crippen molar-refractivity contribution in [3.05, 3.63) is 0 Å². The van der Waals surface area contributed by atoms with Gasteiger partial charge in [0.25, 0.3) is 0 Å². The number of piperazine rings is 1. The van der Waals surface area contributed by atoms with Gasteiger partial charge in [0.2, 0.25) is 0 Å². The molecule has 0 aromatic heterocycles. The van der Waals surface area contributed by atoms with E-state index in [0.717, 1.165) is 32.6 Å². The maximum Gasteiger partial charge on any atom is 0.0695 e. The van der Waals surface area contributed by atoms with Crippen LogP contribution >= 0.6 is 0 Å². The van der Waals surface area contributed by atoms with Gasteiger partial charge in [0.1, 0.15) is 0 Å². The predicted molar refractivity (Wildman–Crippen MR) is 57.3 cm³/mol. The van der Waals surface area contributed by atoms with Crippen LogP contribution in [0.2, 0.25) is 0 Å². The van der Waals surface area contributed by atoms with E-state index in [4.69, 9.17) is 0 Å². The normalized spacial score (nSPS) is 37.3. The number of hydrogen-bond donors (Lipinski definition) is 1. The van der Waals surface area contributed by atoms with Gasteiger partial charge in [0.15, 0.2) is 0 Å². The van der Waals surface area contributed by atoms with E-state index in [-0.39, 0.29) is 6.10 Å². The zero-order valence-corrected chi connectivity index (χ0v) is 9.15. The molecule has 2 rings (SSSR count). The molecule has 0 spiro atoms. The Kier molecular flexibility index (Phi) is 3.42. The molecule has 1 N–H and O–H groups in total. The van der Waals surface area contributed by atoms with Gasteiger partial charge in [0, 0.05) is 32.2 Å². The quantitative estimate of drug-likeness (QED) is 0.666. The van der Waals surface area contributed by atoms with Crippen LogP contribution in [0.3, 0.4) is 0 Å². The average molecular weight is 198 g/mol. The average Bonchev–Trinajstić information content (AvgIpc) is 2.20. The first kappa shape index (κ1) is 10.4. The predicted octanol–water partition coefficient (Wildman–Crippen LogP) is 0.537. The van der Waals surface area contributed by atoms with E-state index in [1.54, 1.807) is 0 Å². The highest BCUT2D eigenvalue weighted by Gasteiger charge is 2.29. The van der Waals surface area contributed by atoms with E-state index < -0.39 is 0 Å². The van der Waals surface area contributed by atoms with E-state index in [9.17, 15) is 5.11 Å². The zero-order chi connectivity index (χ0) is 9.97. The third kappa shape index (κ3) is 2.27. The lowest BCUT2D eigenvalue weighted by Crippen LogP contribution is -2.53. The highest BCUT2D eigenvalue weighted by atomic mass is 16.3. The van der Waals surface area contributed by atoms with Crippen LogP contribution in [0, 0.1) is 0 Å². The molecule has 1 heterocycles. The van der Waals surface area contributed by atoms with Gasteiger partial charge in [-0.1, -0.05) is 12.8 Å².